The maximum atomic E-state index is 11.9. The van der Waals surface area contributed by atoms with E-state index in [0.717, 1.165) is 57.2 Å². The Morgan fingerprint density at radius 1 is 1.00 bits per heavy atom. The number of nitrogens with one attached hydrogen (secondary N) is 1. The summed E-state index contributed by atoms with van der Waals surface area (Å²) in [5.74, 6) is 3.15. The number of carbonyl (C=O) groups is 1. The molecule has 2 spiro atoms. The summed E-state index contributed by atoms with van der Waals surface area (Å²) < 4.78 is 25.2. The van der Waals surface area contributed by atoms with Crippen molar-refractivity contribution in [3.63, 3.8) is 0 Å². The van der Waals surface area contributed by atoms with Crippen LogP contribution in [0, 0.1) is 51.2 Å². The number of aliphatic hydroxyl groups is 1. The van der Waals surface area contributed by atoms with Crippen LogP contribution < -0.4 is 5.32 Å². The van der Waals surface area contributed by atoms with E-state index in [2.05, 4.69) is 33.0 Å². The molecule has 13 unspecified atom stereocenters. The van der Waals surface area contributed by atoms with Crippen molar-refractivity contribution >= 4 is 5.97 Å². The summed E-state index contributed by atoms with van der Waals surface area (Å²) >= 11 is 0. The van der Waals surface area contributed by atoms with Gasteiger partial charge in [0, 0.05) is 20.0 Å². The molecule has 2 saturated heterocycles. The zero-order chi connectivity index (χ0) is 29.9. The molecule has 7 rings (SSSR count). The van der Waals surface area contributed by atoms with Crippen molar-refractivity contribution in [2.45, 2.75) is 143 Å². The van der Waals surface area contributed by atoms with Gasteiger partial charge in [0.25, 0.3) is 0 Å². The molecule has 0 aromatic rings. The molecular weight excluding hydrogens is 530 g/mol. The van der Waals surface area contributed by atoms with Crippen LogP contribution in [0.25, 0.3) is 0 Å². The van der Waals surface area contributed by atoms with Crippen LogP contribution in [-0.4, -0.2) is 67.1 Å². The van der Waals surface area contributed by atoms with Gasteiger partial charge in [-0.25, -0.2) is 0 Å². The monoisotopic (exact) mass is 587 g/mol. The molecule has 0 bridgehead atoms. The van der Waals surface area contributed by atoms with E-state index < -0.39 is 11.7 Å². The number of ether oxygens (including phenoxy) is 4. The van der Waals surface area contributed by atoms with Crippen molar-refractivity contribution in [3.05, 3.63) is 0 Å². The molecule has 0 amide bonds. The van der Waals surface area contributed by atoms with E-state index >= 15 is 0 Å². The number of hydrogen-bond donors (Lipinski definition) is 2. The first-order valence-electron chi connectivity index (χ1n) is 17.3. The highest BCUT2D eigenvalue weighted by Gasteiger charge is 2.84. The Morgan fingerprint density at radius 3 is 2.45 bits per heavy atom. The second kappa shape index (κ2) is 9.88. The van der Waals surface area contributed by atoms with Crippen molar-refractivity contribution in [1.29, 1.82) is 0 Å². The van der Waals surface area contributed by atoms with Crippen LogP contribution in [0.2, 0.25) is 0 Å². The summed E-state index contributed by atoms with van der Waals surface area (Å²) in [5, 5.41) is 14.3. The van der Waals surface area contributed by atoms with Crippen molar-refractivity contribution < 1.29 is 28.8 Å². The van der Waals surface area contributed by atoms with Crippen LogP contribution in [0.15, 0.2) is 0 Å². The van der Waals surface area contributed by atoms with Crippen molar-refractivity contribution in [3.8, 4) is 0 Å². The largest absolute Gasteiger partial charge is 0.457 e. The van der Waals surface area contributed by atoms with Gasteiger partial charge in [-0.3, -0.25) is 4.79 Å². The van der Waals surface area contributed by atoms with E-state index in [1.807, 2.05) is 0 Å². The molecule has 5 saturated carbocycles. The molecule has 0 radical (unpaired) electrons. The second-order valence-electron chi connectivity index (χ2n) is 17.0. The van der Waals surface area contributed by atoms with Crippen LogP contribution in [0.4, 0.5) is 0 Å². The lowest BCUT2D eigenvalue weighted by molar-refractivity contribution is -0.232. The summed E-state index contributed by atoms with van der Waals surface area (Å²) in [5.41, 5.74) is 0.238. The highest BCUT2D eigenvalue weighted by Crippen LogP contribution is 2.89. The van der Waals surface area contributed by atoms with Gasteiger partial charge in [-0.2, -0.15) is 0 Å². The molecule has 0 aromatic carbocycles. The molecule has 0 aromatic heterocycles. The van der Waals surface area contributed by atoms with Crippen LogP contribution in [0.5, 0.6) is 0 Å². The maximum Gasteiger partial charge on any atom is 0.303 e. The van der Waals surface area contributed by atoms with Crippen LogP contribution in [0.1, 0.15) is 106 Å². The minimum Gasteiger partial charge on any atom is -0.457 e. The Labute approximate surface area is 253 Å². The molecule has 2 aliphatic heterocycles. The lowest BCUT2D eigenvalue weighted by Crippen LogP contribution is -2.56. The average molecular weight is 588 g/mol. The molecule has 13 atom stereocenters. The lowest BCUT2D eigenvalue weighted by Gasteiger charge is -2.59. The maximum absolute atomic E-state index is 11.9. The summed E-state index contributed by atoms with van der Waals surface area (Å²) in [4.78, 5) is 11.9. The number of hydrogen-bond acceptors (Lipinski definition) is 7. The van der Waals surface area contributed by atoms with Gasteiger partial charge in [0.15, 0.2) is 12.4 Å². The molecule has 7 fully saturated rings. The van der Waals surface area contributed by atoms with E-state index in [-0.39, 0.29) is 36.0 Å². The number of carbonyl (C=O) groups excluding carboxylic acids is 1. The normalized spacial score (nSPS) is 51.7. The number of morpholine rings is 1. The quantitative estimate of drug-likeness (QED) is 0.413. The molecule has 42 heavy (non-hydrogen) atoms. The van der Waals surface area contributed by atoms with Crippen molar-refractivity contribution in [2.24, 2.45) is 51.2 Å². The Bertz CT molecular complexity index is 1070. The van der Waals surface area contributed by atoms with E-state index in [9.17, 15) is 9.90 Å². The third-order valence-corrected chi connectivity index (χ3v) is 14.8. The van der Waals surface area contributed by atoms with E-state index in [1.165, 1.54) is 39.0 Å². The van der Waals surface area contributed by atoms with E-state index in [4.69, 9.17) is 18.9 Å². The molecular formula is C35H57NO6. The van der Waals surface area contributed by atoms with Gasteiger partial charge in [0.2, 0.25) is 0 Å². The third kappa shape index (κ3) is 4.04. The van der Waals surface area contributed by atoms with Crippen LogP contribution >= 0.6 is 0 Å². The first-order valence-corrected chi connectivity index (χ1v) is 17.3. The molecule has 5 aliphatic carbocycles. The van der Waals surface area contributed by atoms with E-state index in [0.29, 0.717) is 34.0 Å². The van der Waals surface area contributed by atoms with Crippen molar-refractivity contribution in [2.75, 3.05) is 19.7 Å². The molecule has 2 N–H and O–H groups in total. The minimum absolute atomic E-state index is 0.114. The highest BCUT2D eigenvalue weighted by atomic mass is 16.7. The van der Waals surface area contributed by atoms with Gasteiger partial charge < -0.3 is 29.4 Å². The molecule has 7 heteroatoms. The fourth-order valence-electron chi connectivity index (χ4n) is 13.1. The third-order valence-electron chi connectivity index (χ3n) is 14.8. The Hall–Kier alpha value is -0.730. The van der Waals surface area contributed by atoms with Gasteiger partial charge in [-0.15, -0.1) is 0 Å². The molecule has 7 aliphatic rings. The Balaban J connectivity index is 1.11. The standard InChI is InChI=1S/C35H57NO6/c1-20-34-15-14-33(7)23-8-10-25(30(32(5,6)38)40-21(2)37)41-26(23)18-24(33)22(34)9-11-27-31(3,4)28(12-13-35(20,27)34)42-29-19-36-16-17-39-29/h20,22-30,36,38H,8-19H2,1-7H3. The van der Waals surface area contributed by atoms with Gasteiger partial charge in [-0.1, -0.05) is 27.7 Å². The van der Waals surface area contributed by atoms with Crippen molar-refractivity contribution in [1.82, 2.24) is 5.32 Å². The summed E-state index contributed by atoms with van der Waals surface area (Å²) in [6.07, 6.45) is 10.3. The molecule has 7 nitrogen and oxygen atoms in total. The number of esters is 1. The highest BCUT2D eigenvalue weighted by molar-refractivity contribution is 5.66. The predicted octanol–water partition coefficient (Wildman–Crippen LogP) is 5.47. The van der Waals surface area contributed by atoms with E-state index in [1.54, 1.807) is 13.8 Å². The van der Waals surface area contributed by atoms with Crippen LogP contribution in [-0.2, 0) is 23.7 Å². The zero-order valence-electron chi connectivity index (χ0n) is 27.2. The number of rotatable bonds is 5. The summed E-state index contributed by atoms with van der Waals surface area (Å²) in [6, 6.07) is 0. The molecule has 238 valence electrons. The molecule has 2 heterocycles. The Morgan fingerprint density at radius 2 is 1.76 bits per heavy atom. The zero-order valence-corrected chi connectivity index (χ0v) is 27.2. The first kappa shape index (κ1) is 30.0. The van der Waals surface area contributed by atoms with Crippen LogP contribution in [0.3, 0.4) is 0 Å². The SMILES string of the molecule is CC(=O)OC(C1CCC2C(CC3C4CCC5C(C)(C)C(OC6CNCCO6)CCC56C(C)C46CCC23C)O1)C(C)(C)O. The smallest absolute Gasteiger partial charge is 0.303 e. The number of fused-ring (bicyclic) bond motifs is 4. The summed E-state index contributed by atoms with van der Waals surface area (Å²) in [7, 11) is 0. The lowest BCUT2D eigenvalue weighted by atomic mass is 9.46. The first-order chi connectivity index (χ1) is 19.8. The summed E-state index contributed by atoms with van der Waals surface area (Å²) in [6.45, 7) is 17.6. The van der Waals surface area contributed by atoms with Gasteiger partial charge in [0.1, 0.15) is 0 Å². The van der Waals surface area contributed by atoms with Gasteiger partial charge in [0.05, 0.1) is 30.5 Å². The fraction of sp³-hybridized carbons (Fsp3) is 0.971. The van der Waals surface area contributed by atoms with Gasteiger partial charge >= 0.3 is 5.97 Å². The topological polar surface area (TPSA) is 86.3 Å². The fourth-order valence-corrected chi connectivity index (χ4v) is 13.1. The van der Waals surface area contributed by atoms with Gasteiger partial charge in [-0.05, 0) is 123 Å². The predicted molar refractivity (Wildman–Crippen MR) is 159 cm³/mol. The second-order valence-corrected chi connectivity index (χ2v) is 17.0. The average Bonchev–Trinajstić information content (AvgIpc) is 3.31. The minimum atomic E-state index is -1.13. The Kier molecular flexibility index (Phi) is 7.05.